The van der Waals surface area contributed by atoms with Crippen LogP contribution in [0, 0.1) is 0 Å². The average molecular weight is 257 g/mol. The number of carbonyl (C=O) groups excluding carboxylic acids is 1. The molecule has 0 saturated carbocycles. The summed E-state index contributed by atoms with van der Waals surface area (Å²) in [6.07, 6.45) is 0.349. The van der Waals surface area contributed by atoms with Gasteiger partial charge in [-0.25, -0.2) is 0 Å². The van der Waals surface area contributed by atoms with E-state index in [9.17, 15) is 4.79 Å². The standard InChI is InChI=1S/C13H17ClO3/c1-10(17-9-3-8-16-2)13(15)11-4-6-12(14)7-5-11/h4-7,10H,3,8-9H2,1-2H3. The van der Waals surface area contributed by atoms with E-state index in [-0.39, 0.29) is 5.78 Å². The van der Waals surface area contributed by atoms with Crippen LogP contribution >= 0.6 is 11.6 Å². The maximum Gasteiger partial charge on any atom is 0.191 e. The second-order valence-electron chi connectivity index (χ2n) is 3.73. The third-order valence-corrected chi connectivity index (χ3v) is 2.61. The van der Waals surface area contributed by atoms with Crippen molar-refractivity contribution in [2.24, 2.45) is 0 Å². The van der Waals surface area contributed by atoms with Gasteiger partial charge in [-0.15, -0.1) is 0 Å². The highest BCUT2D eigenvalue weighted by atomic mass is 35.5. The molecule has 4 heteroatoms. The predicted octanol–water partition coefficient (Wildman–Crippen LogP) is 2.96. The molecule has 1 unspecified atom stereocenters. The Balaban J connectivity index is 2.43. The van der Waals surface area contributed by atoms with Crippen LogP contribution in [0.4, 0.5) is 0 Å². The van der Waals surface area contributed by atoms with E-state index in [1.54, 1.807) is 38.3 Å². The molecule has 0 aromatic heterocycles. The Kier molecular flexibility index (Phi) is 6.19. The van der Waals surface area contributed by atoms with Crippen LogP contribution in [0.15, 0.2) is 24.3 Å². The van der Waals surface area contributed by atoms with Gasteiger partial charge in [0.25, 0.3) is 0 Å². The molecule has 0 fully saturated rings. The molecule has 1 aromatic carbocycles. The molecular formula is C13H17ClO3. The first-order valence-corrected chi connectivity index (χ1v) is 5.93. The third kappa shape index (κ3) is 4.86. The van der Waals surface area contributed by atoms with Gasteiger partial charge in [-0.1, -0.05) is 11.6 Å². The van der Waals surface area contributed by atoms with Gasteiger partial charge in [0, 0.05) is 30.9 Å². The first-order chi connectivity index (χ1) is 8.15. The van der Waals surface area contributed by atoms with Crippen molar-refractivity contribution in [3.05, 3.63) is 34.9 Å². The molecule has 0 heterocycles. The summed E-state index contributed by atoms with van der Waals surface area (Å²) in [6.45, 7) is 2.92. The van der Waals surface area contributed by atoms with Gasteiger partial charge in [0.15, 0.2) is 5.78 Å². The summed E-state index contributed by atoms with van der Waals surface area (Å²) in [7, 11) is 1.64. The molecule has 0 amide bonds. The summed E-state index contributed by atoms with van der Waals surface area (Å²) in [4.78, 5) is 11.9. The minimum atomic E-state index is -0.437. The number of methoxy groups -OCH3 is 1. The lowest BCUT2D eigenvalue weighted by atomic mass is 10.1. The summed E-state index contributed by atoms with van der Waals surface area (Å²) >= 11 is 5.76. The number of Topliss-reactive ketones (excluding diaryl/α,β-unsaturated/α-hetero) is 1. The molecular weight excluding hydrogens is 240 g/mol. The Morgan fingerprint density at radius 1 is 1.29 bits per heavy atom. The summed E-state index contributed by atoms with van der Waals surface area (Å²) in [6, 6.07) is 6.82. The van der Waals surface area contributed by atoms with Crippen molar-refractivity contribution in [1.82, 2.24) is 0 Å². The zero-order valence-electron chi connectivity index (χ0n) is 10.1. The molecule has 3 nitrogen and oxygen atoms in total. The van der Waals surface area contributed by atoms with E-state index in [1.807, 2.05) is 0 Å². The van der Waals surface area contributed by atoms with Crippen LogP contribution in [0.3, 0.4) is 0 Å². The van der Waals surface area contributed by atoms with E-state index in [0.717, 1.165) is 6.42 Å². The normalized spacial score (nSPS) is 12.4. The summed E-state index contributed by atoms with van der Waals surface area (Å²) in [5.74, 6) is -0.0286. The molecule has 1 rings (SSSR count). The fraction of sp³-hybridized carbons (Fsp3) is 0.462. The Labute approximate surface area is 107 Å². The highest BCUT2D eigenvalue weighted by Crippen LogP contribution is 2.12. The molecule has 0 radical (unpaired) electrons. The van der Waals surface area contributed by atoms with Gasteiger partial charge in [-0.2, -0.15) is 0 Å². The van der Waals surface area contributed by atoms with E-state index in [0.29, 0.717) is 23.8 Å². The molecule has 0 spiro atoms. The van der Waals surface area contributed by atoms with Crippen LogP contribution in [-0.4, -0.2) is 32.2 Å². The number of halogens is 1. The van der Waals surface area contributed by atoms with Crippen molar-refractivity contribution in [1.29, 1.82) is 0 Å². The summed E-state index contributed by atoms with van der Waals surface area (Å²) in [5, 5.41) is 0.621. The zero-order valence-corrected chi connectivity index (χ0v) is 10.9. The largest absolute Gasteiger partial charge is 0.385 e. The van der Waals surface area contributed by atoms with Gasteiger partial charge in [0.2, 0.25) is 0 Å². The molecule has 0 aliphatic rings. The van der Waals surface area contributed by atoms with E-state index in [1.165, 1.54) is 0 Å². The van der Waals surface area contributed by atoms with Crippen molar-refractivity contribution in [3.8, 4) is 0 Å². The number of benzene rings is 1. The SMILES string of the molecule is COCCCOC(C)C(=O)c1ccc(Cl)cc1. The fourth-order valence-electron chi connectivity index (χ4n) is 1.39. The zero-order chi connectivity index (χ0) is 12.7. The quantitative estimate of drug-likeness (QED) is 0.556. The molecule has 0 saturated heterocycles. The van der Waals surface area contributed by atoms with E-state index < -0.39 is 6.10 Å². The van der Waals surface area contributed by atoms with Crippen LogP contribution in [0.25, 0.3) is 0 Å². The summed E-state index contributed by atoms with van der Waals surface area (Å²) in [5.41, 5.74) is 0.619. The van der Waals surface area contributed by atoms with Gasteiger partial charge in [-0.3, -0.25) is 4.79 Å². The molecule has 0 N–H and O–H groups in total. The van der Waals surface area contributed by atoms with Crippen LogP contribution in [0.5, 0.6) is 0 Å². The maximum absolute atomic E-state index is 11.9. The minimum Gasteiger partial charge on any atom is -0.385 e. The number of ether oxygens (including phenoxy) is 2. The first-order valence-electron chi connectivity index (χ1n) is 5.55. The Morgan fingerprint density at radius 3 is 2.53 bits per heavy atom. The predicted molar refractivity (Wildman–Crippen MR) is 67.7 cm³/mol. The minimum absolute atomic E-state index is 0.0286. The van der Waals surface area contributed by atoms with Crippen molar-refractivity contribution >= 4 is 17.4 Å². The average Bonchev–Trinajstić information content (AvgIpc) is 2.34. The third-order valence-electron chi connectivity index (χ3n) is 2.36. The van der Waals surface area contributed by atoms with Crippen molar-refractivity contribution < 1.29 is 14.3 Å². The van der Waals surface area contributed by atoms with E-state index in [4.69, 9.17) is 21.1 Å². The first kappa shape index (κ1) is 14.2. The van der Waals surface area contributed by atoms with Gasteiger partial charge in [0.1, 0.15) is 6.10 Å². The topological polar surface area (TPSA) is 35.5 Å². The second kappa shape index (κ2) is 7.43. The van der Waals surface area contributed by atoms with E-state index in [2.05, 4.69) is 0 Å². The van der Waals surface area contributed by atoms with Crippen LogP contribution in [0.2, 0.25) is 5.02 Å². The molecule has 17 heavy (non-hydrogen) atoms. The van der Waals surface area contributed by atoms with Crippen LogP contribution in [-0.2, 0) is 9.47 Å². The number of hydrogen-bond donors (Lipinski definition) is 0. The van der Waals surface area contributed by atoms with Crippen molar-refractivity contribution in [3.63, 3.8) is 0 Å². The Morgan fingerprint density at radius 2 is 1.94 bits per heavy atom. The monoisotopic (exact) mass is 256 g/mol. The fourth-order valence-corrected chi connectivity index (χ4v) is 1.51. The van der Waals surface area contributed by atoms with Crippen LogP contribution < -0.4 is 0 Å². The molecule has 94 valence electrons. The molecule has 0 aliphatic heterocycles. The van der Waals surface area contributed by atoms with Gasteiger partial charge in [0.05, 0.1) is 0 Å². The lowest BCUT2D eigenvalue weighted by Gasteiger charge is -2.11. The smallest absolute Gasteiger partial charge is 0.191 e. The lowest BCUT2D eigenvalue weighted by molar-refractivity contribution is 0.0404. The van der Waals surface area contributed by atoms with Gasteiger partial charge in [-0.05, 0) is 37.6 Å². The maximum atomic E-state index is 11.9. The van der Waals surface area contributed by atoms with Gasteiger partial charge < -0.3 is 9.47 Å². The Hall–Kier alpha value is -0.900. The van der Waals surface area contributed by atoms with Gasteiger partial charge >= 0.3 is 0 Å². The molecule has 0 bridgehead atoms. The lowest BCUT2D eigenvalue weighted by Crippen LogP contribution is -2.21. The molecule has 0 aliphatic carbocycles. The second-order valence-corrected chi connectivity index (χ2v) is 4.17. The number of carbonyl (C=O) groups is 1. The van der Waals surface area contributed by atoms with E-state index >= 15 is 0 Å². The number of ketones is 1. The van der Waals surface area contributed by atoms with Crippen LogP contribution in [0.1, 0.15) is 23.7 Å². The Bertz CT molecular complexity index is 348. The molecule has 1 atom stereocenters. The number of rotatable bonds is 7. The molecule has 1 aromatic rings. The summed E-state index contributed by atoms with van der Waals surface area (Å²) < 4.78 is 10.3. The van der Waals surface area contributed by atoms with Crippen molar-refractivity contribution in [2.75, 3.05) is 20.3 Å². The highest BCUT2D eigenvalue weighted by Gasteiger charge is 2.15. The highest BCUT2D eigenvalue weighted by molar-refractivity contribution is 6.30. The number of hydrogen-bond acceptors (Lipinski definition) is 3. The van der Waals surface area contributed by atoms with Crippen molar-refractivity contribution in [2.45, 2.75) is 19.4 Å².